The zero-order valence-electron chi connectivity index (χ0n) is 15.4. The summed E-state index contributed by atoms with van der Waals surface area (Å²) in [4.78, 5) is 28.1. The maximum atomic E-state index is 12.9. The Morgan fingerprint density at radius 3 is 2.04 bits per heavy atom. The maximum absolute atomic E-state index is 12.9. The molecule has 0 aliphatic heterocycles. The number of carboxylic acid groups (broad SMARTS) is 1. The number of carbonyl (C=O) groups is 2. The molecule has 0 aromatic carbocycles. The van der Waals surface area contributed by atoms with E-state index in [1.54, 1.807) is 22.7 Å². The minimum absolute atomic E-state index is 0.0493. The Hall–Kier alpha value is -1.86. The molecule has 2 rings (SSSR count). The maximum Gasteiger partial charge on any atom is 0.404 e. The third kappa shape index (κ3) is 6.46. The third-order valence-electron chi connectivity index (χ3n) is 4.20. The molecule has 0 aliphatic rings. The molecule has 5 nitrogen and oxygen atoms in total. The van der Waals surface area contributed by atoms with Crippen LogP contribution in [0.2, 0.25) is 0 Å². The lowest BCUT2D eigenvalue weighted by Crippen LogP contribution is -2.44. The van der Waals surface area contributed by atoms with Crippen molar-refractivity contribution in [1.82, 2.24) is 10.2 Å². The van der Waals surface area contributed by atoms with Crippen LogP contribution in [0.1, 0.15) is 43.4 Å². The first-order chi connectivity index (χ1) is 12.3. The highest BCUT2D eigenvalue weighted by molar-refractivity contribution is 7.10. The van der Waals surface area contributed by atoms with Gasteiger partial charge in [0.25, 0.3) is 0 Å². The van der Waals surface area contributed by atoms with E-state index in [9.17, 15) is 9.59 Å². The van der Waals surface area contributed by atoms with Crippen molar-refractivity contribution in [2.75, 3.05) is 0 Å². The number of nitrogens with zero attached hydrogens (tertiary/aromatic N) is 1. The van der Waals surface area contributed by atoms with Crippen LogP contribution in [0.15, 0.2) is 35.0 Å². The molecule has 2 heterocycles. The molecule has 2 aromatic heterocycles. The van der Waals surface area contributed by atoms with E-state index in [1.807, 2.05) is 60.7 Å². The van der Waals surface area contributed by atoms with Gasteiger partial charge < -0.3 is 15.3 Å². The zero-order chi connectivity index (χ0) is 19.2. The standard InChI is InChI=1S/C19H26N2O3S2/c1-19(2,3)16(20-18(23)24)8-9-17(22)21(12-14-6-4-10-25-14)13-15-7-5-11-26-15/h4-7,10-11,16,20H,8-9,12-13H2,1-3H3,(H,23,24). The fraction of sp³-hybridized carbons (Fsp3) is 0.474. The Balaban J connectivity index is 2.03. The molecule has 0 spiro atoms. The van der Waals surface area contributed by atoms with Gasteiger partial charge in [-0.2, -0.15) is 0 Å². The molecule has 0 radical (unpaired) electrons. The van der Waals surface area contributed by atoms with E-state index in [2.05, 4.69) is 5.32 Å². The van der Waals surface area contributed by atoms with Gasteiger partial charge in [0.05, 0.1) is 13.1 Å². The molecule has 26 heavy (non-hydrogen) atoms. The quantitative estimate of drug-likeness (QED) is 0.675. The number of nitrogens with one attached hydrogen (secondary N) is 1. The van der Waals surface area contributed by atoms with Crippen molar-refractivity contribution in [3.8, 4) is 0 Å². The molecule has 2 amide bonds. The summed E-state index contributed by atoms with van der Waals surface area (Å²) in [6.45, 7) is 7.11. The Labute approximate surface area is 162 Å². The summed E-state index contributed by atoms with van der Waals surface area (Å²) in [5.41, 5.74) is -0.245. The number of carbonyl (C=O) groups excluding carboxylic acids is 1. The number of rotatable bonds is 8. The number of thiophene rings is 2. The van der Waals surface area contributed by atoms with Crippen molar-refractivity contribution < 1.29 is 14.7 Å². The van der Waals surface area contributed by atoms with Crippen LogP contribution in [0.3, 0.4) is 0 Å². The molecular weight excluding hydrogens is 368 g/mol. The second-order valence-corrected chi connectivity index (χ2v) is 9.38. The molecule has 0 saturated heterocycles. The monoisotopic (exact) mass is 394 g/mol. The molecular formula is C19H26N2O3S2. The van der Waals surface area contributed by atoms with Crippen molar-refractivity contribution in [3.63, 3.8) is 0 Å². The fourth-order valence-electron chi connectivity index (χ4n) is 2.71. The summed E-state index contributed by atoms with van der Waals surface area (Å²) in [6.07, 6.45) is -0.245. The van der Waals surface area contributed by atoms with Gasteiger partial charge >= 0.3 is 6.09 Å². The van der Waals surface area contributed by atoms with E-state index in [1.165, 1.54) is 0 Å². The SMILES string of the molecule is CC(C)(C)C(CCC(=O)N(Cc1cccs1)Cc1cccs1)NC(=O)O. The first-order valence-electron chi connectivity index (χ1n) is 8.57. The van der Waals surface area contributed by atoms with Gasteiger partial charge in [0.1, 0.15) is 0 Å². The van der Waals surface area contributed by atoms with Crippen LogP contribution < -0.4 is 5.32 Å². The molecule has 2 N–H and O–H groups in total. The Morgan fingerprint density at radius 2 is 1.65 bits per heavy atom. The topological polar surface area (TPSA) is 69.6 Å². The first kappa shape index (κ1) is 20.5. The molecule has 0 saturated carbocycles. The summed E-state index contributed by atoms with van der Waals surface area (Å²) in [5, 5.41) is 15.6. The highest BCUT2D eigenvalue weighted by atomic mass is 32.1. The Morgan fingerprint density at radius 1 is 1.12 bits per heavy atom. The molecule has 1 atom stereocenters. The summed E-state index contributed by atoms with van der Waals surface area (Å²) >= 11 is 3.28. The number of hydrogen-bond donors (Lipinski definition) is 2. The van der Waals surface area contributed by atoms with Crippen molar-refractivity contribution >= 4 is 34.7 Å². The van der Waals surface area contributed by atoms with Gasteiger partial charge in [-0.25, -0.2) is 4.79 Å². The lowest BCUT2D eigenvalue weighted by Gasteiger charge is -2.31. The summed E-state index contributed by atoms with van der Waals surface area (Å²) in [6, 6.07) is 7.77. The molecule has 0 aliphatic carbocycles. The molecule has 2 aromatic rings. The van der Waals surface area contributed by atoms with Crippen molar-refractivity contribution in [3.05, 3.63) is 44.8 Å². The van der Waals surface area contributed by atoms with E-state index >= 15 is 0 Å². The van der Waals surface area contributed by atoms with E-state index in [0.29, 0.717) is 25.9 Å². The van der Waals surface area contributed by atoms with Gasteiger partial charge in [0, 0.05) is 22.2 Å². The fourth-order valence-corrected chi connectivity index (χ4v) is 4.15. The molecule has 7 heteroatoms. The largest absolute Gasteiger partial charge is 0.465 e. The lowest BCUT2D eigenvalue weighted by atomic mass is 9.84. The van der Waals surface area contributed by atoms with Crippen LogP contribution in [-0.2, 0) is 17.9 Å². The highest BCUT2D eigenvalue weighted by Gasteiger charge is 2.27. The van der Waals surface area contributed by atoms with Crippen LogP contribution in [0.25, 0.3) is 0 Å². The van der Waals surface area contributed by atoms with Gasteiger partial charge in [-0.1, -0.05) is 32.9 Å². The first-order valence-corrected chi connectivity index (χ1v) is 10.3. The van der Waals surface area contributed by atoms with Crippen LogP contribution >= 0.6 is 22.7 Å². The summed E-state index contributed by atoms with van der Waals surface area (Å²) in [5.74, 6) is 0.0493. The Bertz CT molecular complexity index is 655. The third-order valence-corrected chi connectivity index (χ3v) is 5.92. The van der Waals surface area contributed by atoms with Gasteiger partial charge in [-0.15, -0.1) is 22.7 Å². The summed E-state index contributed by atoms with van der Waals surface area (Å²) in [7, 11) is 0. The average Bonchev–Trinajstić information content (AvgIpc) is 3.22. The van der Waals surface area contributed by atoms with E-state index in [4.69, 9.17) is 5.11 Å². The predicted octanol–water partition coefficient (Wildman–Crippen LogP) is 4.80. The van der Waals surface area contributed by atoms with Crippen molar-refractivity contribution in [2.45, 2.75) is 52.7 Å². The lowest BCUT2D eigenvalue weighted by molar-refractivity contribution is -0.132. The normalized spacial score (nSPS) is 12.6. The second-order valence-electron chi connectivity index (χ2n) is 7.32. The van der Waals surface area contributed by atoms with E-state index < -0.39 is 6.09 Å². The average molecular weight is 395 g/mol. The molecule has 1 unspecified atom stereocenters. The number of amides is 2. The van der Waals surface area contributed by atoms with Gasteiger partial charge in [-0.05, 0) is 34.7 Å². The van der Waals surface area contributed by atoms with Crippen LogP contribution in [0.5, 0.6) is 0 Å². The molecule has 0 fully saturated rings. The van der Waals surface area contributed by atoms with Gasteiger partial charge in [-0.3, -0.25) is 4.79 Å². The molecule has 0 bridgehead atoms. The zero-order valence-corrected chi connectivity index (χ0v) is 17.0. The minimum atomic E-state index is -1.05. The molecule has 142 valence electrons. The smallest absolute Gasteiger partial charge is 0.404 e. The van der Waals surface area contributed by atoms with Crippen molar-refractivity contribution in [1.29, 1.82) is 0 Å². The summed E-state index contributed by atoms with van der Waals surface area (Å²) < 4.78 is 0. The van der Waals surface area contributed by atoms with Crippen LogP contribution in [0, 0.1) is 5.41 Å². The van der Waals surface area contributed by atoms with Crippen LogP contribution in [0.4, 0.5) is 4.79 Å². The van der Waals surface area contributed by atoms with Gasteiger partial charge in [0.15, 0.2) is 0 Å². The van der Waals surface area contributed by atoms with E-state index in [0.717, 1.165) is 9.75 Å². The minimum Gasteiger partial charge on any atom is -0.465 e. The van der Waals surface area contributed by atoms with E-state index in [-0.39, 0.29) is 17.4 Å². The second kappa shape index (κ2) is 9.19. The predicted molar refractivity (Wildman–Crippen MR) is 107 cm³/mol. The van der Waals surface area contributed by atoms with Gasteiger partial charge in [0.2, 0.25) is 5.91 Å². The van der Waals surface area contributed by atoms with Crippen molar-refractivity contribution in [2.24, 2.45) is 5.41 Å². The van der Waals surface area contributed by atoms with Crippen LogP contribution in [-0.4, -0.2) is 28.0 Å². The number of hydrogen-bond acceptors (Lipinski definition) is 4. The highest BCUT2D eigenvalue weighted by Crippen LogP contribution is 2.24. The Kier molecular flexibility index (Phi) is 7.23.